The molecule has 0 unspecified atom stereocenters. The molecule has 1 aliphatic heterocycles. The van der Waals surface area contributed by atoms with Crippen molar-refractivity contribution in [3.63, 3.8) is 0 Å². The molecule has 1 aromatic rings. The molecule has 2 heterocycles. The summed E-state index contributed by atoms with van der Waals surface area (Å²) in [5, 5.41) is 0. The van der Waals surface area contributed by atoms with Crippen molar-refractivity contribution in [3.8, 4) is 0 Å². The molecular weight excluding hydrogens is 126 g/mol. The van der Waals surface area contributed by atoms with Gasteiger partial charge in [0.05, 0.1) is 12.5 Å². The minimum Gasteiger partial charge on any atom is -0.472 e. The van der Waals surface area contributed by atoms with Crippen molar-refractivity contribution >= 4 is 0 Å². The molecule has 0 saturated carbocycles. The molecule has 0 atom stereocenters. The van der Waals surface area contributed by atoms with Gasteiger partial charge in [0.1, 0.15) is 0 Å². The third-order valence-electron chi connectivity index (χ3n) is 2.07. The molecule has 2 rings (SSSR count). The lowest BCUT2D eigenvalue weighted by molar-refractivity contribution is 0.295. The molecule has 2 nitrogen and oxygen atoms in total. The third kappa shape index (κ3) is 0.762. The highest BCUT2D eigenvalue weighted by atomic mass is 16.3. The number of fused-ring (bicyclic) bond motifs is 1. The lowest BCUT2D eigenvalue weighted by Crippen LogP contribution is -2.14. The van der Waals surface area contributed by atoms with Crippen molar-refractivity contribution in [2.24, 2.45) is 0 Å². The van der Waals surface area contributed by atoms with Gasteiger partial charge in [-0.25, -0.2) is 0 Å². The average Bonchev–Trinajstić information content (AvgIpc) is 2.42. The molecule has 0 N–H and O–H groups in total. The van der Waals surface area contributed by atoms with Crippen LogP contribution in [0.1, 0.15) is 18.1 Å². The van der Waals surface area contributed by atoms with Crippen LogP contribution in [0, 0.1) is 0 Å². The van der Waals surface area contributed by atoms with Crippen molar-refractivity contribution in [1.82, 2.24) is 4.90 Å². The highest BCUT2D eigenvalue weighted by Crippen LogP contribution is 2.22. The van der Waals surface area contributed by atoms with Gasteiger partial charge in [0.15, 0.2) is 0 Å². The highest BCUT2D eigenvalue weighted by molar-refractivity contribution is 5.24. The van der Waals surface area contributed by atoms with E-state index in [0.29, 0.717) is 0 Å². The fourth-order valence-corrected chi connectivity index (χ4v) is 1.39. The van der Waals surface area contributed by atoms with E-state index in [1.54, 1.807) is 0 Å². The first-order valence-electron chi connectivity index (χ1n) is 3.66. The van der Waals surface area contributed by atoms with Crippen LogP contribution in [-0.4, -0.2) is 11.4 Å². The van der Waals surface area contributed by atoms with Crippen LogP contribution in [0.3, 0.4) is 0 Å². The Labute approximate surface area is 60.4 Å². The fourth-order valence-electron chi connectivity index (χ4n) is 1.39. The Morgan fingerprint density at radius 2 is 2.00 bits per heavy atom. The first-order chi connectivity index (χ1) is 4.90. The Kier molecular flexibility index (Phi) is 1.27. The summed E-state index contributed by atoms with van der Waals surface area (Å²) < 4.78 is 5.05. The predicted octanol–water partition coefficient (Wildman–Crippen LogP) is 1.62. The van der Waals surface area contributed by atoms with E-state index in [4.69, 9.17) is 4.42 Å². The summed E-state index contributed by atoms with van der Waals surface area (Å²) in [6, 6.07) is 0. The highest BCUT2D eigenvalue weighted by Gasteiger charge is 2.18. The topological polar surface area (TPSA) is 16.4 Å². The summed E-state index contributed by atoms with van der Waals surface area (Å²) in [6.45, 7) is 5.46. The Hall–Kier alpha value is -0.760. The number of hydrogen-bond donors (Lipinski definition) is 0. The smallest absolute Gasteiger partial charge is 0.0951 e. The molecule has 0 fully saturated rings. The molecule has 10 heavy (non-hydrogen) atoms. The molecule has 1 aliphatic rings. The van der Waals surface area contributed by atoms with Gasteiger partial charge in [-0.1, -0.05) is 6.92 Å². The van der Waals surface area contributed by atoms with Gasteiger partial charge in [-0.2, -0.15) is 0 Å². The Morgan fingerprint density at radius 1 is 1.40 bits per heavy atom. The van der Waals surface area contributed by atoms with Crippen LogP contribution in [0.2, 0.25) is 0 Å². The maximum absolute atomic E-state index is 5.05. The van der Waals surface area contributed by atoms with Crippen LogP contribution in [-0.2, 0) is 13.1 Å². The molecule has 0 aliphatic carbocycles. The number of rotatable bonds is 1. The van der Waals surface area contributed by atoms with Crippen molar-refractivity contribution in [1.29, 1.82) is 0 Å². The Balaban J connectivity index is 2.21. The van der Waals surface area contributed by atoms with Crippen LogP contribution in [0.5, 0.6) is 0 Å². The Bertz CT molecular complexity index is 208. The average molecular weight is 137 g/mol. The zero-order valence-electron chi connectivity index (χ0n) is 6.13. The van der Waals surface area contributed by atoms with E-state index in [9.17, 15) is 0 Å². The number of nitrogens with zero attached hydrogens (tertiary/aromatic N) is 1. The van der Waals surface area contributed by atoms with Crippen molar-refractivity contribution in [2.75, 3.05) is 6.54 Å². The van der Waals surface area contributed by atoms with Gasteiger partial charge >= 0.3 is 0 Å². The molecule has 54 valence electrons. The maximum Gasteiger partial charge on any atom is 0.0951 e. The van der Waals surface area contributed by atoms with E-state index in [0.717, 1.165) is 19.6 Å². The molecule has 2 heteroatoms. The second-order valence-electron chi connectivity index (χ2n) is 2.73. The van der Waals surface area contributed by atoms with E-state index in [-0.39, 0.29) is 0 Å². The van der Waals surface area contributed by atoms with Gasteiger partial charge in [0.2, 0.25) is 0 Å². The number of hydrogen-bond acceptors (Lipinski definition) is 2. The monoisotopic (exact) mass is 137 g/mol. The summed E-state index contributed by atoms with van der Waals surface area (Å²) in [4.78, 5) is 2.39. The quantitative estimate of drug-likeness (QED) is 0.584. The predicted molar refractivity (Wildman–Crippen MR) is 38.5 cm³/mol. The minimum absolute atomic E-state index is 1.07. The lowest BCUT2D eigenvalue weighted by Gasteiger charge is -2.09. The zero-order chi connectivity index (χ0) is 6.97. The number of furan rings is 1. The summed E-state index contributed by atoms with van der Waals surface area (Å²) in [5.74, 6) is 0. The summed E-state index contributed by atoms with van der Waals surface area (Å²) in [5.41, 5.74) is 2.73. The van der Waals surface area contributed by atoms with E-state index in [1.165, 1.54) is 11.1 Å². The summed E-state index contributed by atoms with van der Waals surface area (Å²) in [6.07, 6.45) is 3.70. The van der Waals surface area contributed by atoms with E-state index in [1.807, 2.05) is 12.5 Å². The zero-order valence-corrected chi connectivity index (χ0v) is 6.13. The van der Waals surface area contributed by atoms with Gasteiger partial charge in [0.25, 0.3) is 0 Å². The van der Waals surface area contributed by atoms with Gasteiger partial charge in [-0.05, 0) is 6.54 Å². The molecule has 1 aromatic heterocycles. The lowest BCUT2D eigenvalue weighted by atomic mass is 10.2. The van der Waals surface area contributed by atoms with Gasteiger partial charge in [-0.15, -0.1) is 0 Å². The molecular formula is C8H11NO. The normalized spacial score (nSPS) is 17.7. The SMILES string of the molecule is CCN1Cc2cocc2C1. The first kappa shape index (κ1) is 5.98. The second-order valence-corrected chi connectivity index (χ2v) is 2.73. The molecule has 0 aromatic carbocycles. The molecule has 0 saturated heterocycles. The molecule has 0 spiro atoms. The van der Waals surface area contributed by atoms with Gasteiger partial charge < -0.3 is 4.42 Å². The van der Waals surface area contributed by atoms with Gasteiger partial charge in [-0.3, -0.25) is 4.90 Å². The van der Waals surface area contributed by atoms with Crippen LogP contribution >= 0.6 is 0 Å². The molecule has 0 bridgehead atoms. The van der Waals surface area contributed by atoms with E-state index in [2.05, 4.69) is 11.8 Å². The summed E-state index contributed by atoms with van der Waals surface area (Å²) in [7, 11) is 0. The maximum atomic E-state index is 5.05. The molecule has 0 amide bonds. The van der Waals surface area contributed by atoms with E-state index < -0.39 is 0 Å². The van der Waals surface area contributed by atoms with Crippen molar-refractivity contribution in [2.45, 2.75) is 20.0 Å². The van der Waals surface area contributed by atoms with Crippen LogP contribution in [0.15, 0.2) is 16.9 Å². The van der Waals surface area contributed by atoms with Crippen LogP contribution in [0.25, 0.3) is 0 Å². The second kappa shape index (κ2) is 2.13. The Morgan fingerprint density at radius 3 is 2.50 bits per heavy atom. The van der Waals surface area contributed by atoms with Crippen LogP contribution < -0.4 is 0 Å². The van der Waals surface area contributed by atoms with Gasteiger partial charge in [0, 0.05) is 24.2 Å². The standard InChI is InChI=1S/C8H11NO/c1-2-9-3-7-5-10-6-8(7)4-9/h5-6H,2-4H2,1H3. The van der Waals surface area contributed by atoms with Crippen LogP contribution in [0.4, 0.5) is 0 Å². The van der Waals surface area contributed by atoms with Crippen molar-refractivity contribution in [3.05, 3.63) is 23.7 Å². The fraction of sp³-hybridized carbons (Fsp3) is 0.500. The minimum atomic E-state index is 1.07. The summed E-state index contributed by atoms with van der Waals surface area (Å²) >= 11 is 0. The largest absolute Gasteiger partial charge is 0.472 e. The third-order valence-corrected chi connectivity index (χ3v) is 2.07. The first-order valence-corrected chi connectivity index (χ1v) is 3.66. The molecule has 0 radical (unpaired) electrons. The van der Waals surface area contributed by atoms with E-state index >= 15 is 0 Å². The van der Waals surface area contributed by atoms with Crippen molar-refractivity contribution < 1.29 is 4.42 Å².